The third-order valence-electron chi connectivity index (χ3n) is 4.65. The Bertz CT molecular complexity index is 383. The van der Waals surface area contributed by atoms with Gasteiger partial charge in [0, 0.05) is 5.41 Å². The van der Waals surface area contributed by atoms with Crippen molar-refractivity contribution in [2.45, 2.75) is 33.6 Å². The first-order chi connectivity index (χ1) is 7.54. The summed E-state index contributed by atoms with van der Waals surface area (Å²) >= 11 is 0. The van der Waals surface area contributed by atoms with E-state index in [1.54, 1.807) is 0 Å². The van der Waals surface area contributed by atoms with Crippen LogP contribution in [-0.4, -0.2) is 33.2 Å². The first-order valence-corrected chi connectivity index (χ1v) is 5.24. The second-order valence-electron chi connectivity index (χ2n) is 5.28. The number of aliphatic carboxylic acids is 3. The van der Waals surface area contributed by atoms with Gasteiger partial charge in [0.1, 0.15) is 0 Å². The molecule has 1 fully saturated rings. The topological polar surface area (TPSA) is 112 Å². The van der Waals surface area contributed by atoms with Crippen LogP contribution in [0.2, 0.25) is 0 Å². The fourth-order valence-corrected chi connectivity index (χ4v) is 2.75. The average Bonchev–Trinajstić information content (AvgIpc) is 2.36. The minimum absolute atomic E-state index is 0.0356. The van der Waals surface area contributed by atoms with E-state index in [4.69, 9.17) is 0 Å². The fourth-order valence-electron chi connectivity index (χ4n) is 2.75. The maximum Gasteiger partial charge on any atom is 0.321 e. The highest BCUT2D eigenvalue weighted by Gasteiger charge is 2.71. The van der Waals surface area contributed by atoms with Crippen molar-refractivity contribution in [2.24, 2.45) is 16.2 Å². The Morgan fingerprint density at radius 2 is 1.24 bits per heavy atom. The molecule has 1 rings (SSSR count). The lowest BCUT2D eigenvalue weighted by molar-refractivity contribution is -0.178. The molecule has 0 aromatic rings. The number of carboxylic acids is 3. The molecule has 0 aromatic heterocycles. The first kappa shape index (κ1) is 13.5. The molecule has 1 atom stereocenters. The molecule has 0 spiro atoms. The quantitative estimate of drug-likeness (QED) is 0.640. The minimum Gasteiger partial charge on any atom is -0.481 e. The summed E-state index contributed by atoms with van der Waals surface area (Å²) in [6.45, 7) is 4.20. The van der Waals surface area contributed by atoms with E-state index in [0.717, 1.165) is 0 Å². The van der Waals surface area contributed by atoms with E-state index in [9.17, 15) is 29.7 Å². The van der Waals surface area contributed by atoms with E-state index >= 15 is 0 Å². The summed E-state index contributed by atoms with van der Waals surface area (Å²) in [7, 11) is 0. The molecular weight excluding hydrogens is 228 g/mol. The molecule has 6 nitrogen and oxygen atoms in total. The molecular formula is C11H16O6. The Morgan fingerprint density at radius 3 is 1.41 bits per heavy atom. The summed E-state index contributed by atoms with van der Waals surface area (Å²) in [5.74, 6) is -4.10. The largest absolute Gasteiger partial charge is 0.481 e. The lowest BCUT2D eigenvalue weighted by Gasteiger charge is -2.41. The van der Waals surface area contributed by atoms with Gasteiger partial charge < -0.3 is 15.3 Å². The molecule has 0 heterocycles. The van der Waals surface area contributed by atoms with Crippen LogP contribution >= 0.6 is 0 Å². The smallest absolute Gasteiger partial charge is 0.321 e. The predicted molar refractivity (Wildman–Crippen MR) is 56.5 cm³/mol. The van der Waals surface area contributed by atoms with E-state index < -0.39 is 34.2 Å². The molecule has 1 aliphatic carbocycles. The zero-order chi connectivity index (χ0) is 13.6. The van der Waals surface area contributed by atoms with Gasteiger partial charge in [-0.3, -0.25) is 14.4 Å². The van der Waals surface area contributed by atoms with Crippen LogP contribution in [0, 0.1) is 16.2 Å². The second kappa shape index (κ2) is 3.45. The van der Waals surface area contributed by atoms with Crippen LogP contribution in [0.5, 0.6) is 0 Å². The van der Waals surface area contributed by atoms with Crippen molar-refractivity contribution >= 4 is 17.9 Å². The summed E-state index contributed by atoms with van der Waals surface area (Å²) in [6, 6.07) is 0. The van der Waals surface area contributed by atoms with Gasteiger partial charge in [-0.25, -0.2) is 0 Å². The van der Waals surface area contributed by atoms with Crippen molar-refractivity contribution < 1.29 is 29.7 Å². The van der Waals surface area contributed by atoms with E-state index in [-0.39, 0.29) is 12.8 Å². The van der Waals surface area contributed by atoms with Crippen LogP contribution in [0.3, 0.4) is 0 Å². The summed E-state index contributed by atoms with van der Waals surface area (Å²) < 4.78 is 0. The van der Waals surface area contributed by atoms with Crippen LogP contribution in [0.4, 0.5) is 0 Å². The van der Waals surface area contributed by atoms with Crippen LogP contribution in [0.15, 0.2) is 0 Å². The van der Waals surface area contributed by atoms with E-state index in [1.165, 1.54) is 20.8 Å². The Kier molecular flexibility index (Phi) is 2.73. The second-order valence-corrected chi connectivity index (χ2v) is 5.28. The van der Waals surface area contributed by atoms with Gasteiger partial charge >= 0.3 is 17.9 Å². The first-order valence-electron chi connectivity index (χ1n) is 5.24. The van der Waals surface area contributed by atoms with Gasteiger partial charge in [0.05, 0.1) is 5.41 Å². The Hall–Kier alpha value is -1.59. The fraction of sp³-hybridized carbons (Fsp3) is 0.727. The molecule has 0 radical (unpaired) electrons. The van der Waals surface area contributed by atoms with E-state index in [2.05, 4.69) is 0 Å². The lowest BCUT2D eigenvalue weighted by atomic mass is 9.58. The molecule has 1 saturated carbocycles. The minimum atomic E-state index is -2.04. The summed E-state index contributed by atoms with van der Waals surface area (Å²) in [5, 5.41) is 27.6. The molecule has 0 amide bonds. The van der Waals surface area contributed by atoms with Gasteiger partial charge in [0.2, 0.25) is 0 Å². The monoisotopic (exact) mass is 244 g/mol. The van der Waals surface area contributed by atoms with Gasteiger partial charge in [0.15, 0.2) is 5.41 Å². The number of rotatable bonds is 3. The van der Waals surface area contributed by atoms with Gasteiger partial charge in [0.25, 0.3) is 0 Å². The Balaban J connectivity index is 3.47. The number of hydrogen-bond acceptors (Lipinski definition) is 3. The van der Waals surface area contributed by atoms with Gasteiger partial charge in [-0.15, -0.1) is 0 Å². The molecule has 0 aromatic carbocycles. The Morgan fingerprint density at radius 1 is 0.824 bits per heavy atom. The van der Waals surface area contributed by atoms with Crippen LogP contribution in [0.1, 0.15) is 33.6 Å². The van der Waals surface area contributed by atoms with Gasteiger partial charge in [-0.05, 0) is 19.8 Å². The van der Waals surface area contributed by atoms with Gasteiger partial charge in [-0.1, -0.05) is 13.8 Å². The van der Waals surface area contributed by atoms with Crippen LogP contribution < -0.4 is 0 Å². The number of hydrogen-bond donors (Lipinski definition) is 3. The van der Waals surface area contributed by atoms with Gasteiger partial charge in [-0.2, -0.15) is 0 Å². The van der Waals surface area contributed by atoms with Crippen molar-refractivity contribution in [1.29, 1.82) is 0 Å². The molecule has 96 valence electrons. The van der Waals surface area contributed by atoms with Crippen molar-refractivity contribution in [2.75, 3.05) is 0 Å². The molecule has 0 saturated heterocycles. The Labute approximate surface area is 98.3 Å². The average molecular weight is 244 g/mol. The normalized spacial score (nSPS) is 29.8. The summed E-state index contributed by atoms with van der Waals surface area (Å²) in [4.78, 5) is 33.9. The molecule has 3 N–H and O–H groups in total. The van der Waals surface area contributed by atoms with Crippen molar-refractivity contribution in [3.8, 4) is 0 Å². The zero-order valence-corrected chi connectivity index (χ0v) is 9.98. The molecule has 0 unspecified atom stereocenters. The maximum absolute atomic E-state index is 11.3. The van der Waals surface area contributed by atoms with E-state index in [1.807, 2.05) is 0 Å². The van der Waals surface area contributed by atoms with Crippen molar-refractivity contribution in [3.63, 3.8) is 0 Å². The van der Waals surface area contributed by atoms with Crippen LogP contribution in [0.25, 0.3) is 0 Å². The third-order valence-corrected chi connectivity index (χ3v) is 4.65. The number of carboxylic acid groups (broad SMARTS) is 3. The SMILES string of the molecule is CC1(C)C(C(=O)O)(C(=O)O)CC[C@]1(C)C(=O)O. The van der Waals surface area contributed by atoms with Crippen molar-refractivity contribution in [1.82, 2.24) is 0 Å². The van der Waals surface area contributed by atoms with E-state index in [0.29, 0.717) is 0 Å². The molecule has 1 aliphatic rings. The predicted octanol–water partition coefficient (Wildman–Crippen LogP) is 1.05. The molecule has 17 heavy (non-hydrogen) atoms. The molecule has 0 bridgehead atoms. The summed E-state index contributed by atoms with van der Waals surface area (Å²) in [6.07, 6.45) is -0.137. The zero-order valence-electron chi connectivity index (χ0n) is 9.98. The highest BCUT2D eigenvalue weighted by atomic mass is 16.4. The van der Waals surface area contributed by atoms with Crippen LogP contribution in [-0.2, 0) is 14.4 Å². The number of carbonyl (C=O) groups is 3. The lowest BCUT2D eigenvalue weighted by Crippen LogP contribution is -2.53. The molecule has 0 aliphatic heterocycles. The maximum atomic E-state index is 11.3. The molecule has 6 heteroatoms. The highest BCUT2D eigenvalue weighted by molar-refractivity contribution is 6.01. The third kappa shape index (κ3) is 1.29. The standard InChI is InChI=1S/C11H16O6/c1-9(2)10(3,6(12)13)4-5-11(9,7(14)15)8(16)17/h4-5H2,1-3H3,(H,12,13)(H,14,15)(H,16,17)/t10-/m1/s1. The highest BCUT2D eigenvalue weighted by Crippen LogP contribution is 2.63. The summed E-state index contributed by atoms with van der Waals surface area (Å²) in [5.41, 5.74) is -4.77. The van der Waals surface area contributed by atoms with Crippen molar-refractivity contribution in [3.05, 3.63) is 0 Å².